The van der Waals surface area contributed by atoms with Crippen LogP contribution >= 0.6 is 12.4 Å². The van der Waals surface area contributed by atoms with Gasteiger partial charge < -0.3 is 20.5 Å². The van der Waals surface area contributed by atoms with Gasteiger partial charge in [-0.05, 0) is 31.2 Å². The highest BCUT2D eigenvalue weighted by atomic mass is 35.5. The summed E-state index contributed by atoms with van der Waals surface area (Å²) in [5.74, 6) is 0.570. The van der Waals surface area contributed by atoms with E-state index in [1.165, 1.54) is 0 Å². The molecule has 0 unspecified atom stereocenters. The van der Waals surface area contributed by atoms with Gasteiger partial charge in [-0.3, -0.25) is 4.79 Å². The fraction of sp³-hybridized carbons (Fsp3) is 0.417. The fourth-order valence-corrected chi connectivity index (χ4v) is 1.20. The number of hydrogen-bond donors (Lipinski definition) is 2. The second-order valence-corrected chi connectivity index (χ2v) is 3.35. The number of rotatable bonds is 7. The summed E-state index contributed by atoms with van der Waals surface area (Å²) in [6.45, 7) is 3.40. The van der Waals surface area contributed by atoms with Gasteiger partial charge in [0.15, 0.2) is 0 Å². The van der Waals surface area contributed by atoms with E-state index < -0.39 is 0 Å². The summed E-state index contributed by atoms with van der Waals surface area (Å²) in [4.78, 5) is 11.3. The molecule has 1 amide bonds. The Morgan fingerprint density at radius 3 is 2.56 bits per heavy atom. The molecule has 0 radical (unpaired) electrons. The lowest BCUT2D eigenvalue weighted by Gasteiger charge is -2.07. The quantitative estimate of drug-likeness (QED) is 0.789. The third kappa shape index (κ3) is 6.44. The van der Waals surface area contributed by atoms with E-state index in [-0.39, 0.29) is 24.9 Å². The summed E-state index contributed by atoms with van der Waals surface area (Å²) in [5.41, 5.74) is 6.04. The first-order valence-corrected chi connectivity index (χ1v) is 5.56. The van der Waals surface area contributed by atoms with E-state index in [2.05, 4.69) is 5.32 Å². The first-order valence-electron chi connectivity index (χ1n) is 5.56. The molecule has 1 rings (SSSR count). The van der Waals surface area contributed by atoms with Crippen molar-refractivity contribution < 1.29 is 14.3 Å². The lowest BCUT2D eigenvalue weighted by Crippen LogP contribution is -2.18. The van der Waals surface area contributed by atoms with Gasteiger partial charge in [0, 0.05) is 18.8 Å². The minimum absolute atomic E-state index is 0. The summed E-state index contributed by atoms with van der Waals surface area (Å²) in [6.07, 6.45) is 0. The Morgan fingerprint density at radius 2 is 2.00 bits per heavy atom. The Kier molecular flexibility index (Phi) is 9.00. The largest absolute Gasteiger partial charge is 0.492 e. The topological polar surface area (TPSA) is 73.6 Å². The number of carbonyl (C=O) groups is 1. The van der Waals surface area contributed by atoms with Gasteiger partial charge in [-0.25, -0.2) is 0 Å². The lowest BCUT2D eigenvalue weighted by atomic mass is 10.3. The van der Waals surface area contributed by atoms with E-state index in [1.807, 2.05) is 6.92 Å². The molecule has 0 aliphatic carbocycles. The molecule has 6 heteroatoms. The number of carbonyl (C=O) groups excluding carboxylic acids is 1. The Balaban J connectivity index is 0.00000289. The van der Waals surface area contributed by atoms with Gasteiger partial charge >= 0.3 is 0 Å². The van der Waals surface area contributed by atoms with E-state index in [0.29, 0.717) is 19.8 Å². The zero-order chi connectivity index (χ0) is 12.5. The van der Waals surface area contributed by atoms with Crippen molar-refractivity contribution in [3.05, 3.63) is 24.3 Å². The van der Waals surface area contributed by atoms with Crippen molar-refractivity contribution in [2.24, 2.45) is 5.73 Å². The van der Waals surface area contributed by atoms with E-state index in [1.54, 1.807) is 24.3 Å². The lowest BCUT2D eigenvalue weighted by molar-refractivity contribution is -0.120. The highest BCUT2D eigenvalue weighted by Crippen LogP contribution is 2.15. The van der Waals surface area contributed by atoms with Crippen molar-refractivity contribution in [2.45, 2.75) is 6.92 Å². The summed E-state index contributed by atoms with van der Waals surface area (Å²) in [5, 5.41) is 2.72. The molecule has 0 aliphatic rings. The maximum Gasteiger partial charge on any atom is 0.250 e. The van der Waals surface area contributed by atoms with Crippen LogP contribution in [-0.2, 0) is 9.53 Å². The van der Waals surface area contributed by atoms with E-state index >= 15 is 0 Å². The van der Waals surface area contributed by atoms with Crippen molar-refractivity contribution in [3.63, 3.8) is 0 Å². The van der Waals surface area contributed by atoms with Crippen LogP contribution in [0.3, 0.4) is 0 Å². The molecule has 0 saturated carbocycles. The zero-order valence-corrected chi connectivity index (χ0v) is 11.2. The van der Waals surface area contributed by atoms with Crippen molar-refractivity contribution in [2.75, 3.05) is 31.7 Å². The van der Waals surface area contributed by atoms with E-state index in [9.17, 15) is 4.79 Å². The molecule has 102 valence electrons. The number of amides is 1. The van der Waals surface area contributed by atoms with Crippen molar-refractivity contribution in [1.82, 2.24) is 0 Å². The second-order valence-electron chi connectivity index (χ2n) is 3.35. The van der Waals surface area contributed by atoms with E-state index in [4.69, 9.17) is 15.2 Å². The molecule has 1 aromatic carbocycles. The molecule has 5 nitrogen and oxygen atoms in total. The van der Waals surface area contributed by atoms with Gasteiger partial charge in [0.25, 0.3) is 0 Å². The molecule has 0 aliphatic heterocycles. The average Bonchev–Trinajstić information content (AvgIpc) is 2.35. The highest BCUT2D eigenvalue weighted by molar-refractivity contribution is 5.91. The van der Waals surface area contributed by atoms with Crippen LogP contribution in [0.15, 0.2) is 24.3 Å². The number of nitrogens with one attached hydrogen (secondary N) is 1. The maximum atomic E-state index is 11.3. The molecule has 18 heavy (non-hydrogen) atoms. The Morgan fingerprint density at radius 1 is 1.33 bits per heavy atom. The molecule has 0 atom stereocenters. The van der Waals surface area contributed by atoms with Gasteiger partial charge in [-0.2, -0.15) is 0 Å². The first kappa shape index (κ1) is 16.7. The van der Waals surface area contributed by atoms with Gasteiger partial charge in [0.1, 0.15) is 19.0 Å². The van der Waals surface area contributed by atoms with Crippen LogP contribution in [0.1, 0.15) is 6.92 Å². The monoisotopic (exact) mass is 274 g/mol. The summed E-state index contributed by atoms with van der Waals surface area (Å²) < 4.78 is 10.3. The number of halogens is 1. The van der Waals surface area contributed by atoms with Crippen molar-refractivity contribution in [1.29, 1.82) is 0 Å². The predicted octanol–water partition coefficient (Wildman–Crippen LogP) is 1.42. The maximum absolute atomic E-state index is 11.3. The van der Waals surface area contributed by atoms with Gasteiger partial charge in [-0.15, -0.1) is 12.4 Å². The number of anilines is 1. The predicted molar refractivity (Wildman–Crippen MR) is 73.4 cm³/mol. The highest BCUT2D eigenvalue weighted by Gasteiger charge is 2.01. The smallest absolute Gasteiger partial charge is 0.250 e. The van der Waals surface area contributed by atoms with Gasteiger partial charge in [0.2, 0.25) is 5.91 Å². The van der Waals surface area contributed by atoms with Gasteiger partial charge in [-0.1, -0.05) is 0 Å². The first-order chi connectivity index (χ1) is 8.26. The number of nitrogens with two attached hydrogens (primary N) is 1. The summed E-state index contributed by atoms with van der Waals surface area (Å²) >= 11 is 0. The van der Waals surface area contributed by atoms with Crippen molar-refractivity contribution >= 4 is 24.0 Å². The minimum atomic E-state index is -0.164. The SMILES string of the molecule is CCOCC(=O)Nc1ccc(OCCN)cc1.Cl. The standard InChI is InChI=1S/C12H18N2O3.ClH/c1-2-16-9-12(15)14-10-3-5-11(6-4-10)17-8-7-13;/h3-6H,2,7-9,13H2,1H3,(H,14,15);1H. The van der Waals surface area contributed by atoms with Gasteiger partial charge in [0.05, 0.1) is 0 Å². The van der Waals surface area contributed by atoms with Crippen LogP contribution in [0.5, 0.6) is 5.75 Å². The summed E-state index contributed by atoms with van der Waals surface area (Å²) in [6, 6.07) is 7.11. The van der Waals surface area contributed by atoms with Crippen LogP contribution < -0.4 is 15.8 Å². The second kappa shape index (κ2) is 9.70. The molecule has 0 bridgehead atoms. The number of ether oxygens (including phenoxy) is 2. The van der Waals surface area contributed by atoms with Crippen LogP contribution in [0.4, 0.5) is 5.69 Å². The molecule has 0 heterocycles. The minimum Gasteiger partial charge on any atom is -0.492 e. The Labute approximate surface area is 113 Å². The third-order valence-corrected chi connectivity index (χ3v) is 1.96. The summed E-state index contributed by atoms with van der Waals surface area (Å²) in [7, 11) is 0. The molecule has 1 aromatic rings. The fourth-order valence-electron chi connectivity index (χ4n) is 1.20. The molecule has 0 fully saturated rings. The molecular weight excluding hydrogens is 256 g/mol. The number of hydrogen-bond acceptors (Lipinski definition) is 4. The van der Waals surface area contributed by atoms with Crippen LogP contribution in [0.25, 0.3) is 0 Å². The molecule has 3 N–H and O–H groups in total. The third-order valence-electron chi connectivity index (χ3n) is 1.96. The number of benzene rings is 1. The van der Waals surface area contributed by atoms with E-state index in [0.717, 1.165) is 11.4 Å². The van der Waals surface area contributed by atoms with Crippen LogP contribution in [-0.4, -0.2) is 32.3 Å². The van der Waals surface area contributed by atoms with Crippen LogP contribution in [0.2, 0.25) is 0 Å². The Bertz CT molecular complexity index is 344. The normalized spacial score (nSPS) is 9.44. The Hall–Kier alpha value is -1.30. The zero-order valence-electron chi connectivity index (χ0n) is 10.3. The van der Waals surface area contributed by atoms with Crippen molar-refractivity contribution in [3.8, 4) is 5.75 Å². The molecule has 0 aromatic heterocycles. The van der Waals surface area contributed by atoms with Crippen LogP contribution in [0, 0.1) is 0 Å². The average molecular weight is 275 g/mol. The molecule has 0 spiro atoms. The molecular formula is C12H19ClN2O3. The molecule has 0 saturated heterocycles.